The second-order valence-corrected chi connectivity index (χ2v) is 5.57. The van der Waals surface area contributed by atoms with Crippen molar-refractivity contribution in [3.63, 3.8) is 0 Å². The van der Waals surface area contributed by atoms with Gasteiger partial charge in [0.1, 0.15) is 5.69 Å². The number of aromatic carboxylic acids is 1. The summed E-state index contributed by atoms with van der Waals surface area (Å²) in [7, 11) is 0. The molecule has 94 valence electrons. The fourth-order valence-electron chi connectivity index (χ4n) is 1.74. The van der Waals surface area contributed by atoms with Gasteiger partial charge in [-0.2, -0.15) is 0 Å². The van der Waals surface area contributed by atoms with Crippen molar-refractivity contribution in [1.82, 2.24) is 4.98 Å². The largest absolute Gasteiger partial charge is 0.477 e. The van der Waals surface area contributed by atoms with E-state index in [1.54, 1.807) is 6.07 Å². The number of hydrogen-bond donors (Lipinski definition) is 2. The van der Waals surface area contributed by atoms with Crippen molar-refractivity contribution in [1.29, 1.82) is 0 Å². The van der Waals surface area contributed by atoms with E-state index in [1.165, 1.54) is 5.56 Å². The van der Waals surface area contributed by atoms with E-state index >= 15 is 0 Å². The molecule has 0 amide bonds. The van der Waals surface area contributed by atoms with Crippen molar-refractivity contribution in [2.45, 2.75) is 12.8 Å². The first kappa shape index (κ1) is 13.4. The number of nitrogens with one attached hydrogen (secondary N) is 1. The van der Waals surface area contributed by atoms with Gasteiger partial charge in [0.05, 0.1) is 4.60 Å². The first-order chi connectivity index (χ1) is 8.58. The zero-order chi connectivity index (χ0) is 13.1. The maximum absolute atomic E-state index is 10.8. The average Bonchev–Trinajstić information content (AvgIpc) is 2.70. The fraction of sp³-hybridized carbons (Fsp3) is 0.154. The van der Waals surface area contributed by atoms with Crippen LogP contribution >= 0.6 is 31.9 Å². The summed E-state index contributed by atoms with van der Waals surface area (Å²) in [6.45, 7) is 0. The molecule has 0 atom stereocenters. The summed E-state index contributed by atoms with van der Waals surface area (Å²) in [5.41, 5.74) is 2.40. The summed E-state index contributed by atoms with van der Waals surface area (Å²) in [4.78, 5) is 13.6. The Bertz CT molecular complexity index is 578. The van der Waals surface area contributed by atoms with Crippen LogP contribution in [0.4, 0.5) is 0 Å². The molecule has 2 N–H and O–H groups in total. The molecule has 0 radical (unpaired) electrons. The summed E-state index contributed by atoms with van der Waals surface area (Å²) in [6, 6.07) is 9.70. The Morgan fingerprint density at radius 2 is 1.83 bits per heavy atom. The van der Waals surface area contributed by atoms with Gasteiger partial charge in [0.2, 0.25) is 0 Å². The molecule has 0 saturated carbocycles. The van der Waals surface area contributed by atoms with Crippen molar-refractivity contribution >= 4 is 37.8 Å². The lowest BCUT2D eigenvalue weighted by Crippen LogP contribution is -1.95. The molecule has 0 aliphatic carbocycles. The smallest absolute Gasteiger partial charge is 0.352 e. The first-order valence-corrected chi connectivity index (χ1v) is 7.00. The van der Waals surface area contributed by atoms with Gasteiger partial charge in [0.15, 0.2) is 0 Å². The van der Waals surface area contributed by atoms with Crippen LogP contribution in [-0.4, -0.2) is 16.1 Å². The van der Waals surface area contributed by atoms with Crippen molar-refractivity contribution < 1.29 is 9.90 Å². The molecule has 0 saturated heterocycles. The molecular formula is C13H11Br2NO2. The minimum Gasteiger partial charge on any atom is -0.477 e. The van der Waals surface area contributed by atoms with Gasteiger partial charge >= 0.3 is 5.97 Å². The lowest BCUT2D eigenvalue weighted by atomic mass is 10.1. The van der Waals surface area contributed by atoms with E-state index in [4.69, 9.17) is 5.11 Å². The van der Waals surface area contributed by atoms with Gasteiger partial charge in [-0.15, -0.1) is 0 Å². The molecule has 1 aromatic carbocycles. The summed E-state index contributed by atoms with van der Waals surface area (Å²) >= 11 is 6.85. The molecule has 5 heteroatoms. The lowest BCUT2D eigenvalue weighted by Gasteiger charge is -2.03. The molecule has 0 spiro atoms. The molecule has 0 unspecified atom stereocenters. The van der Waals surface area contributed by atoms with E-state index in [-0.39, 0.29) is 5.69 Å². The Labute approximate surface area is 121 Å². The van der Waals surface area contributed by atoms with Crippen LogP contribution in [0, 0.1) is 0 Å². The molecule has 0 aliphatic rings. The predicted octanol–water partition coefficient (Wildman–Crippen LogP) is 4.02. The highest BCUT2D eigenvalue weighted by Gasteiger charge is 2.11. The first-order valence-electron chi connectivity index (χ1n) is 5.42. The maximum Gasteiger partial charge on any atom is 0.352 e. The van der Waals surface area contributed by atoms with Crippen LogP contribution in [-0.2, 0) is 12.8 Å². The number of aromatic amines is 1. The monoisotopic (exact) mass is 371 g/mol. The highest BCUT2D eigenvalue weighted by Crippen LogP contribution is 2.22. The van der Waals surface area contributed by atoms with Crippen molar-refractivity contribution in [2.75, 3.05) is 0 Å². The van der Waals surface area contributed by atoms with Gasteiger partial charge in [-0.05, 0) is 52.0 Å². The molecular weight excluding hydrogens is 362 g/mol. The van der Waals surface area contributed by atoms with Gasteiger partial charge in [0.25, 0.3) is 0 Å². The Balaban J connectivity index is 2.11. The number of carboxylic acids is 1. The normalized spacial score (nSPS) is 10.6. The minimum absolute atomic E-state index is 0.212. The number of hydrogen-bond acceptors (Lipinski definition) is 1. The summed E-state index contributed by atoms with van der Waals surface area (Å²) in [6.07, 6.45) is 1.64. The molecule has 2 rings (SSSR count). The number of aryl methyl sites for hydroxylation is 2. The summed E-state index contributed by atoms with van der Waals surface area (Å²) < 4.78 is 1.82. The Kier molecular flexibility index (Phi) is 4.24. The third kappa shape index (κ3) is 3.03. The number of aromatic nitrogens is 1. The lowest BCUT2D eigenvalue weighted by molar-refractivity contribution is 0.0691. The molecule has 1 heterocycles. The molecule has 18 heavy (non-hydrogen) atoms. The van der Waals surface area contributed by atoms with Crippen LogP contribution in [0.15, 0.2) is 39.4 Å². The number of benzene rings is 1. The Morgan fingerprint density at radius 3 is 2.44 bits per heavy atom. The van der Waals surface area contributed by atoms with Crippen molar-refractivity contribution in [3.8, 4) is 0 Å². The SMILES string of the molecule is O=C(O)c1cc(CCc2ccccc2Br)c(Br)[nH]1. The number of carboxylic acid groups (broad SMARTS) is 1. The number of H-pyrrole nitrogens is 1. The molecule has 0 aliphatic heterocycles. The standard InChI is InChI=1S/C13H11Br2NO2/c14-10-4-2-1-3-8(10)5-6-9-7-11(13(17)18)16-12(9)15/h1-4,7,16H,5-6H2,(H,17,18). The van der Waals surface area contributed by atoms with Crippen molar-refractivity contribution in [3.05, 3.63) is 56.2 Å². The quantitative estimate of drug-likeness (QED) is 0.851. The van der Waals surface area contributed by atoms with E-state index in [0.717, 1.165) is 27.5 Å². The number of rotatable bonds is 4. The van der Waals surface area contributed by atoms with Crippen LogP contribution in [0.25, 0.3) is 0 Å². The van der Waals surface area contributed by atoms with Gasteiger partial charge in [0, 0.05) is 4.47 Å². The van der Waals surface area contributed by atoms with Crippen LogP contribution in [0.1, 0.15) is 21.6 Å². The zero-order valence-electron chi connectivity index (χ0n) is 9.41. The van der Waals surface area contributed by atoms with E-state index in [1.807, 2.05) is 18.2 Å². The van der Waals surface area contributed by atoms with Gasteiger partial charge in [-0.1, -0.05) is 34.1 Å². The van der Waals surface area contributed by atoms with Crippen LogP contribution in [0.5, 0.6) is 0 Å². The van der Waals surface area contributed by atoms with E-state index < -0.39 is 5.97 Å². The molecule has 0 bridgehead atoms. The molecule has 1 aromatic heterocycles. The van der Waals surface area contributed by atoms with Gasteiger partial charge in [-0.25, -0.2) is 4.79 Å². The van der Waals surface area contributed by atoms with Crippen molar-refractivity contribution in [2.24, 2.45) is 0 Å². The van der Waals surface area contributed by atoms with Crippen LogP contribution < -0.4 is 0 Å². The van der Waals surface area contributed by atoms with Gasteiger partial charge < -0.3 is 10.1 Å². The molecule has 0 fully saturated rings. The second kappa shape index (κ2) is 5.71. The topological polar surface area (TPSA) is 53.1 Å². The van der Waals surface area contributed by atoms with E-state index in [2.05, 4.69) is 42.9 Å². The summed E-state index contributed by atoms with van der Waals surface area (Å²) in [5, 5.41) is 8.89. The summed E-state index contributed by atoms with van der Waals surface area (Å²) in [5.74, 6) is -0.942. The minimum atomic E-state index is -0.942. The molecule has 2 aromatic rings. The Morgan fingerprint density at radius 1 is 1.17 bits per heavy atom. The van der Waals surface area contributed by atoms with Gasteiger partial charge in [-0.3, -0.25) is 0 Å². The van der Waals surface area contributed by atoms with E-state index in [0.29, 0.717) is 0 Å². The van der Waals surface area contributed by atoms with Crippen LogP contribution in [0.2, 0.25) is 0 Å². The highest BCUT2D eigenvalue weighted by molar-refractivity contribution is 9.10. The number of carbonyl (C=O) groups is 1. The highest BCUT2D eigenvalue weighted by atomic mass is 79.9. The fourth-order valence-corrected chi connectivity index (χ4v) is 2.75. The van der Waals surface area contributed by atoms with E-state index in [9.17, 15) is 4.79 Å². The Hall–Kier alpha value is -1.07. The number of halogens is 2. The van der Waals surface area contributed by atoms with Crippen LogP contribution in [0.3, 0.4) is 0 Å². The average molecular weight is 373 g/mol. The second-order valence-electron chi connectivity index (χ2n) is 3.92. The predicted molar refractivity (Wildman–Crippen MR) is 77.0 cm³/mol. The maximum atomic E-state index is 10.8. The third-order valence-corrected chi connectivity index (χ3v) is 4.18. The zero-order valence-corrected chi connectivity index (χ0v) is 12.6. The third-order valence-electron chi connectivity index (χ3n) is 2.70. The molecule has 3 nitrogen and oxygen atoms in total.